The average Bonchev–Trinajstić information content (AvgIpc) is 2.16. The maximum atomic E-state index is 13.2. The van der Waals surface area contributed by atoms with E-state index in [0.717, 1.165) is 0 Å². The van der Waals surface area contributed by atoms with E-state index in [1.54, 1.807) is 19.1 Å². The third-order valence-electron chi connectivity index (χ3n) is 1.95. The van der Waals surface area contributed by atoms with Gasteiger partial charge in [0.05, 0.1) is 13.2 Å². The number of ether oxygens (including phenoxy) is 1. The molecule has 13 heavy (non-hydrogen) atoms. The molecule has 72 valence electrons. The van der Waals surface area contributed by atoms with Crippen molar-refractivity contribution in [3.05, 3.63) is 29.6 Å². The molecule has 0 spiro atoms. The topological polar surface area (TPSA) is 29.5 Å². The summed E-state index contributed by atoms with van der Waals surface area (Å²) in [6.45, 7) is 1.80. The summed E-state index contributed by atoms with van der Waals surface area (Å²) in [7, 11) is 1.48. The molecule has 0 radical (unpaired) electrons. The lowest BCUT2D eigenvalue weighted by molar-refractivity contribution is 0.169. The Labute approximate surface area is 77.0 Å². The SMILES string of the molecule is CCC(O)c1ccc(OC)cc1F. The van der Waals surface area contributed by atoms with Crippen LogP contribution < -0.4 is 4.74 Å². The van der Waals surface area contributed by atoms with Crippen molar-refractivity contribution in [2.75, 3.05) is 7.11 Å². The molecule has 1 aromatic carbocycles. The zero-order chi connectivity index (χ0) is 9.84. The van der Waals surface area contributed by atoms with Gasteiger partial charge in [-0.1, -0.05) is 6.92 Å². The molecule has 0 saturated carbocycles. The van der Waals surface area contributed by atoms with E-state index in [1.165, 1.54) is 13.2 Å². The summed E-state index contributed by atoms with van der Waals surface area (Å²) < 4.78 is 18.1. The first-order valence-electron chi connectivity index (χ1n) is 4.20. The molecule has 0 heterocycles. The Balaban J connectivity index is 2.98. The number of methoxy groups -OCH3 is 1. The summed E-state index contributed by atoms with van der Waals surface area (Å²) >= 11 is 0. The summed E-state index contributed by atoms with van der Waals surface area (Å²) in [5.74, 6) is 0.0400. The van der Waals surface area contributed by atoms with Gasteiger partial charge in [0.1, 0.15) is 11.6 Å². The minimum atomic E-state index is -0.731. The van der Waals surface area contributed by atoms with Gasteiger partial charge in [-0.15, -0.1) is 0 Å². The van der Waals surface area contributed by atoms with E-state index < -0.39 is 11.9 Å². The first-order chi connectivity index (χ1) is 6.19. The van der Waals surface area contributed by atoms with Crippen molar-refractivity contribution < 1.29 is 14.2 Å². The molecular formula is C10H13FO2. The van der Waals surface area contributed by atoms with E-state index >= 15 is 0 Å². The van der Waals surface area contributed by atoms with Gasteiger partial charge in [-0.25, -0.2) is 4.39 Å². The highest BCUT2D eigenvalue weighted by molar-refractivity contribution is 5.30. The molecule has 0 saturated heterocycles. The second kappa shape index (κ2) is 4.23. The molecule has 0 bridgehead atoms. The maximum absolute atomic E-state index is 13.2. The number of hydrogen-bond acceptors (Lipinski definition) is 2. The Bertz CT molecular complexity index is 286. The minimum Gasteiger partial charge on any atom is -0.497 e. The number of rotatable bonds is 3. The van der Waals surface area contributed by atoms with Crippen LogP contribution in [0.4, 0.5) is 4.39 Å². The Hall–Kier alpha value is -1.09. The van der Waals surface area contributed by atoms with E-state index in [-0.39, 0.29) is 0 Å². The average molecular weight is 184 g/mol. The Kier molecular flexibility index (Phi) is 3.25. The maximum Gasteiger partial charge on any atom is 0.132 e. The molecule has 1 unspecified atom stereocenters. The van der Waals surface area contributed by atoms with Gasteiger partial charge in [0.25, 0.3) is 0 Å². The third kappa shape index (κ3) is 2.18. The van der Waals surface area contributed by atoms with E-state index in [2.05, 4.69) is 0 Å². The van der Waals surface area contributed by atoms with Crippen LogP contribution in [0.3, 0.4) is 0 Å². The molecule has 3 heteroatoms. The van der Waals surface area contributed by atoms with Crippen molar-refractivity contribution in [3.8, 4) is 5.75 Å². The van der Waals surface area contributed by atoms with Gasteiger partial charge in [0, 0.05) is 11.6 Å². The molecule has 1 atom stereocenters. The van der Waals surface area contributed by atoms with Gasteiger partial charge >= 0.3 is 0 Å². The standard InChI is InChI=1S/C10H13FO2/c1-3-10(12)8-5-4-7(13-2)6-9(8)11/h4-6,10,12H,3H2,1-2H3. The van der Waals surface area contributed by atoms with Gasteiger partial charge in [0.2, 0.25) is 0 Å². The van der Waals surface area contributed by atoms with Crippen molar-refractivity contribution in [3.63, 3.8) is 0 Å². The van der Waals surface area contributed by atoms with Crippen LogP contribution in [-0.4, -0.2) is 12.2 Å². The summed E-state index contributed by atoms with van der Waals surface area (Å²) in [6.07, 6.45) is -0.227. The van der Waals surface area contributed by atoms with Crippen molar-refractivity contribution in [1.29, 1.82) is 0 Å². The first-order valence-corrected chi connectivity index (χ1v) is 4.20. The number of hydrogen-bond donors (Lipinski definition) is 1. The molecule has 1 N–H and O–H groups in total. The molecule has 0 aliphatic carbocycles. The highest BCUT2D eigenvalue weighted by Crippen LogP contribution is 2.23. The van der Waals surface area contributed by atoms with Gasteiger partial charge in [0.15, 0.2) is 0 Å². The van der Waals surface area contributed by atoms with E-state index in [9.17, 15) is 9.50 Å². The molecule has 0 fully saturated rings. The van der Waals surface area contributed by atoms with Crippen molar-refractivity contribution in [1.82, 2.24) is 0 Å². The fourth-order valence-electron chi connectivity index (χ4n) is 1.12. The van der Waals surface area contributed by atoms with Crippen LogP contribution in [0.5, 0.6) is 5.75 Å². The summed E-state index contributed by atoms with van der Waals surface area (Å²) in [4.78, 5) is 0. The molecule has 1 aromatic rings. The quantitative estimate of drug-likeness (QED) is 0.780. The Morgan fingerprint density at radius 1 is 1.54 bits per heavy atom. The van der Waals surface area contributed by atoms with Crippen LogP contribution in [0, 0.1) is 5.82 Å². The highest BCUT2D eigenvalue weighted by Gasteiger charge is 2.10. The molecule has 2 nitrogen and oxygen atoms in total. The van der Waals surface area contributed by atoms with E-state index in [1.807, 2.05) is 0 Å². The van der Waals surface area contributed by atoms with E-state index in [0.29, 0.717) is 17.7 Å². The van der Waals surface area contributed by atoms with Crippen LogP contribution >= 0.6 is 0 Å². The molecular weight excluding hydrogens is 171 g/mol. The van der Waals surface area contributed by atoms with Gasteiger partial charge in [-0.05, 0) is 18.6 Å². The lowest BCUT2D eigenvalue weighted by Gasteiger charge is -2.09. The molecule has 0 aromatic heterocycles. The number of aliphatic hydroxyl groups is 1. The monoisotopic (exact) mass is 184 g/mol. The van der Waals surface area contributed by atoms with Gasteiger partial charge in [-0.2, -0.15) is 0 Å². The first kappa shape index (κ1) is 9.99. The predicted octanol–water partition coefficient (Wildman–Crippen LogP) is 2.28. The lowest BCUT2D eigenvalue weighted by Crippen LogP contribution is -1.99. The lowest BCUT2D eigenvalue weighted by atomic mass is 10.1. The normalized spacial score (nSPS) is 12.6. The van der Waals surface area contributed by atoms with Crippen LogP contribution in [0.1, 0.15) is 25.0 Å². The largest absolute Gasteiger partial charge is 0.497 e. The summed E-state index contributed by atoms with van der Waals surface area (Å²) in [5.41, 5.74) is 0.322. The zero-order valence-electron chi connectivity index (χ0n) is 7.75. The zero-order valence-corrected chi connectivity index (χ0v) is 7.75. The Morgan fingerprint density at radius 3 is 2.69 bits per heavy atom. The van der Waals surface area contributed by atoms with E-state index in [4.69, 9.17) is 4.74 Å². The molecule has 0 amide bonds. The number of halogens is 1. The number of benzene rings is 1. The van der Waals surface area contributed by atoms with Crippen molar-refractivity contribution in [2.24, 2.45) is 0 Å². The molecule has 1 rings (SSSR count). The van der Waals surface area contributed by atoms with Gasteiger partial charge in [-0.3, -0.25) is 0 Å². The minimum absolute atomic E-state index is 0.322. The summed E-state index contributed by atoms with van der Waals surface area (Å²) in [6, 6.07) is 4.45. The Morgan fingerprint density at radius 2 is 2.23 bits per heavy atom. The highest BCUT2D eigenvalue weighted by atomic mass is 19.1. The molecule has 0 aliphatic rings. The summed E-state index contributed by atoms with van der Waals surface area (Å²) in [5, 5.41) is 9.39. The fraction of sp³-hybridized carbons (Fsp3) is 0.400. The number of aliphatic hydroxyl groups excluding tert-OH is 1. The fourth-order valence-corrected chi connectivity index (χ4v) is 1.12. The van der Waals surface area contributed by atoms with Crippen molar-refractivity contribution >= 4 is 0 Å². The third-order valence-corrected chi connectivity index (χ3v) is 1.95. The second-order valence-electron chi connectivity index (χ2n) is 2.81. The van der Waals surface area contributed by atoms with Crippen LogP contribution in [0.25, 0.3) is 0 Å². The smallest absolute Gasteiger partial charge is 0.132 e. The van der Waals surface area contributed by atoms with Crippen molar-refractivity contribution in [2.45, 2.75) is 19.4 Å². The van der Waals surface area contributed by atoms with Gasteiger partial charge < -0.3 is 9.84 Å². The van der Waals surface area contributed by atoms with Crippen LogP contribution in [0.15, 0.2) is 18.2 Å². The predicted molar refractivity (Wildman–Crippen MR) is 48.2 cm³/mol. The second-order valence-corrected chi connectivity index (χ2v) is 2.81. The van der Waals surface area contributed by atoms with Crippen LogP contribution in [0.2, 0.25) is 0 Å². The molecule has 0 aliphatic heterocycles. The van der Waals surface area contributed by atoms with Crippen LogP contribution in [-0.2, 0) is 0 Å².